The highest BCUT2D eigenvalue weighted by Gasteiger charge is 2.32. The number of nitro groups is 1. The minimum atomic E-state index is -0.505. The van der Waals surface area contributed by atoms with E-state index >= 15 is 0 Å². The molecule has 2 aliphatic rings. The van der Waals surface area contributed by atoms with Crippen molar-refractivity contribution in [1.82, 2.24) is 0 Å². The van der Waals surface area contributed by atoms with Crippen molar-refractivity contribution < 1.29 is 24.0 Å². The molecule has 7 heteroatoms. The first-order valence-electron chi connectivity index (χ1n) is 8.06. The molecule has 7 nitrogen and oxygen atoms in total. The maximum absolute atomic E-state index is 12.4. The van der Waals surface area contributed by atoms with Gasteiger partial charge in [0.05, 0.1) is 16.4 Å². The number of benzene rings is 2. The molecule has 0 aromatic heterocycles. The predicted octanol–water partition coefficient (Wildman–Crippen LogP) is 3.53. The Morgan fingerprint density at radius 2 is 2.04 bits per heavy atom. The number of carbonyl (C=O) groups excluding carboxylic acids is 2. The topological polar surface area (TPSA) is 95.7 Å². The van der Waals surface area contributed by atoms with Crippen LogP contribution in [-0.4, -0.2) is 16.7 Å². The number of allylic oxidation sites excluding steroid dienone is 1. The standard InChI is InChI=1S/C19H13NO6/c21-18-15-7-6-14(25-19(22)12-4-5-12)10-16(15)26-17(18)9-11-2-1-3-13(8-11)20(23)24/h1-3,6-10,12H,4-5H2/b17-9-. The van der Waals surface area contributed by atoms with Crippen LogP contribution in [0.2, 0.25) is 0 Å². The second-order valence-corrected chi connectivity index (χ2v) is 6.15. The lowest BCUT2D eigenvalue weighted by Gasteiger charge is -2.04. The molecule has 1 fully saturated rings. The van der Waals surface area contributed by atoms with Crippen LogP contribution in [-0.2, 0) is 4.79 Å². The van der Waals surface area contributed by atoms with E-state index in [0.29, 0.717) is 22.6 Å². The quantitative estimate of drug-likeness (QED) is 0.275. The maximum Gasteiger partial charge on any atom is 0.314 e. The van der Waals surface area contributed by atoms with Gasteiger partial charge >= 0.3 is 5.97 Å². The van der Waals surface area contributed by atoms with Gasteiger partial charge in [0, 0.05) is 18.2 Å². The van der Waals surface area contributed by atoms with Gasteiger partial charge in [0.15, 0.2) is 5.76 Å². The van der Waals surface area contributed by atoms with E-state index in [4.69, 9.17) is 9.47 Å². The molecule has 0 atom stereocenters. The lowest BCUT2D eigenvalue weighted by molar-refractivity contribution is -0.384. The van der Waals surface area contributed by atoms with E-state index in [9.17, 15) is 19.7 Å². The minimum Gasteiger partial charge on any atom is -0.452 e. The van der Waals surface area contributed by atoms with Crippen LogP contribution in [0.4, 0.5) is 5.69 Å². The minimum absolute atomic E-state index is 0.0323. The summed E-state index contributed by atoms with van der Waals surface area (Å²) in [6.45, 7) is 0. The van der Waals surface area contributed by atoms with E-state index in [-0.39, 0.29) is 29.1 Å². The third-order valence-corrected chi connectivity index (χ3v) is 4.15. The molecule has 0 unspecified atom stereocenters. The van der Waals surface area contributed by atoms with Crippen molar-refractivity contribution in [3.8, 4) is 11.5 Å². The largest absolute Gasteiger partial charge is 0.452 e. The molecule has 0 saturated heterocycles. The molecule has 4 rings (SSSR count). The number of rotatable bonds is 4. The fourth-order valence-corrected chi connectivity index (χ4v) is 2.63. The molecule has 2 aromatic rings. The summed E-state index contributed by atoms with van der Waals surface area (Å²) in [6.07, 6.45) is 3.13. The van der Waals surface area contributed by atoms with Crippen LogP contribution in [0.5, 0.6) is 11.5 Å². The van der Waals surface area contributed by atoms with E-state index in [0.717, 1.165) is 12.8 Å². The first-order valence-corrected chi connectivity index (χ1v) is 8.06. The van der Waals surface area contributed by atoms with Crippen molar-refractivity contribution in [2.75, 3.05) is 0 Å². The molecule has 26 heavy (non-hydrogen) atoms. The van der Waals surface area contributed by atoms with Gasteiger partial charge in [-0.1, -0.05) is 12.1 Å². The molecule has 1 aliphatic heterocycles. The first-order chi connectivity index (χ1) is 12.5. The Kier molecular flexibility index (Phi) is 3.76. The number of non-ortho nitro benzene ring substituents is 1. The van der Waals surface area contributed by atoms with Crippen molar-refractivity contribution in [3.63, 3.8) is 0 Å². The van der Waals surface area contributed by atoms with Gasteiger partial charge in [-0.15, -0.1) is 0 Å². The SMILES string of the molecule is O=C1/C(=C/c2cccc([N+](=O)[O-])c2)Oc2cc(OC(=O)C3CC3)ccc21. The average molecular weight is 351 g/mol. The van der Waals surface area contributed by atoms with E-state index in [1.807, 2.05) is 0 Å². The van der Waals surface area contributed by atoms with Gasteiger partial charge in [-0.2, -0.15) is 0 Å². The lowest BCUT2D eigenvalue weighted by Crippen LogP contribution is -2.09. The second-order valence-electron chi connectivity index (χ2n) is 6.15. The van der Waals surface area contributed by atoms with Gasteiger partial charge in [-0.05, 0) is 36.6 Å². The van der Waals surface area contributed by atoms with Crippen molar-refractivity contribution >= 4 is 23.5 Å². The molecular formula is C19H13NO6. The number of esters is 1. The van der Waals surface area contributed by atoms with E-state index < -0.39 is 4.92 Å². The zero-order chi connectivity index (χ0) is 18.3. The summed E-state index contributed by atoms with van der Waals surface area (Å²) in [5.41, 5.74) is 0.764. The van der Waals surface area contributed by atoms with Gasteiger partial charge < -0.3 is 9.47 Å². The highest BCUT2D eigenvalue weighted by atomic mass is 16.6. The van der Waals surface area contributed by atoms with Gasteiger partial charge in [0.25, 0.3) is 5.69 Å². The highest BCUT2D eigenvalue weighted by Crippen LogP contribution is 2.36. The zero-order valence-electron chi connectivity index (χ0n) is 13.5. The number of nitro benzene ring substituents is 1. The molecule has 1 saturated carbocycles. The number of ether oxygens (including phenoxy) is 2. The van der Waals surface area contributed by atoms with Gasteiger partial charge in [-0.25, -0.2) is 0 Å². The molecule has 0 bridgehead atoms. The Balaban J connectivity index is 1.58. The summed E-state index contributed by atoms with van der Waals surface area (Å²) in [5, 5.41) is 10.9. The Hall–Kier alpha value is -3.48. The van der Waals surface area contributed by atoms with Gasteiger partial charge in [0.2, 0.25) is 5.78 Å². The Morgan fingerprint density at radius 3 is 2.77 bits per heavy atom. The van der Waals surface area contributed by atoms with Gasteiger partial charge in [-0.3, -0.25) is 19.7 Å². The number of Topliss-reactive ketones (excluding diaryl/α,β-unsaturated/α-hetero) is 1. The third-order valence-electron chi connectivity index (χ3n) is 4.15. The number of nitrogens with zero attached hydrogens (tertiary/aromatic N) is 1. The van der Waals surface area contributed by atoms with Crippen LogP contribution in [0.3, 0.4) is 0 Å². The molecule has 1 heterocycles. The summed E-state index contributed by atoms with van der Waals surface area (Å²) >= 11 is 0. The van der Waals surface area contributed by atoms with E-state index in [1.165, 1.54) is 30.3 Å². The van der Waals surface area contributed by atoms with Crippen LogP contribution in [0, 0.1) is 16.0 Å². The number of ketones is 1. The molecule has 0 radical (unpaired) electrons. The summed E-state index contributed by atoms with van der Waals surface area (Å²) in [4.78, 5) is 34.5. The van der Waals surface area contributed by atoms with Crippen molar-refractivity contribution in [2.24, 2.45) is 5.92 Å². The average Bonchev–Trinajstić information content (AvgIpc) is 3.42. The molecule has 2 aromatic carbocycles. The summed E-state index contributed by atoms with van der Waals surface area (Å²) in [5.74, 6) is 0.0485. The van der Waals surface area contributed by atoms with Crippen LogP contribution in [0.1, 0.15) is 28.8 Å². The Bertz CT molecular complexity index is 974. The molecule has 1 aliphatic carbocycles. The molecule has 0 amide bonds. The zero-order valence-corrected chi connectivity index (χ0v) is 13.5. The Labute approximate surface area is 148 Å². The highest BCUT2D eigenvalue weighted by molar-refractivity contribution is 6.14. The van der Waals surface area contributed by atoms with Crippen LogP contribution in [0.25, 0.3) is 6.08 Å². The number of hydrogen-bond acceptors (Lipinski definition) is 6. The predicted molar refractivity (Wildman–Crippen MR) is 90.8 cm³/mol. The van der Waals surface area contributed by atoms with Crippen molar-refractivity contribution in [2.45, 2.75) is 12.8 Å². The maximum atomic E-state index is 12.4. The summed E-state index contributed by atoms with van der Waals surface area (Å²) in [7, 11) is 0. The monoisotopic (exact) mass is 351 g/mol. The van der Waals surface area contributed by atoms with Gasteiger partial charge in [0.1, 0.15) is 11.5 Å². The number of carbonyl (C=O) groups is 2. The molecule has 130 valence electrons. The lowest BCUT2D eigenvalue weighted by atomic mass is 10.1. The fourth-order valence-electron chi connectivity index (χ4n) is 2.63. The second kappa shape index (κ2) is 6.11. The van der Waals surface area contributed by atoms with Crippen LogP contribution in [0.15, 0.2) is 48.2 Å². The third kappa shape index (κ3) is 3.06. The number of hydrogen-bond donors (Lipinski definition) is 0. The smallest absolute Gasteiger partial charge is 0.314 e. The van der Waals surface area contributed by atoms with E-state index in [1.54, 1.807) is 18.2 Å². The first kappa shape index (κ1) is 16.0. The number of fused-ring (bicyclic) bond motifs is 1. The van der Waals surface area contributed by atoms with E-state index in [2.05, 4.69) is 0 Å². The Morgan fingerprint density at radius 1 is 1.23 bits per heavy atom. The fraction of sp³-hybridized carbons (Fsp3) is 0.158. The molecule has 0 spiro atoms. The molecular weight excluding hydrogens is 338 g/mol. The summed E-state index contributed by atoms with van der Waals surface area (Å²) in [6, 6.07) is 10.5. The van der Waals surface area contributed by atoms with Crippen molar-refractivity contribution in [3.05, 3.63) is 69.5 Å². The van der Waals surface area contributed by atoms with Crippen LogP contribution >= 0.6 is 0 Å². The normalized spacial score (nSPS) is 16.9. The molecule has 0 N–H and O–H groups in total. The summed E-state index contributed by atoms with van der Waals surface area (Å²) < 4.78 is 10.8. The van der Waals surface area contributed by atoms with Crippen molar-refractivity contribution in [1.29, 1.82) is 0 Å². The van der Waals surface area contributed by atoms with Crippen LogP contribution < -0.4 is 9.47 Å².